The van der Waals surface area contributed by atoms with Crippen LogP contribution in [0.25, 0.3) is 0 Å². The van der Waals surface area contributed by atoms with Gasteiger partial charge in [-0.15, -0.1) is 0 Å². The third-order valence-corrected chi connectivity index (χ3v) is 3.45. The number of likely N-dealkylation sites (N-methyl/N-ethyl adjacent to an activating group) is 1. The van der Waals surface area contributed by atoms with Gasteiger partial charge in [0.2, 0.25) is 0 Å². The summed E-state index contributed by atoms with van der Waals surface area (Å²) >= 11 is 0. The van der Waals surface area contributed by atoms with Crippen molar-refractivity contribution >= 4 is 6.09 Å². The minimum atomic E-state index is -0.291. The van der Waals surface area contributed by atoms with E-state index in [1.165, 1.54) is 17.7 Å². The molecule has 2 rings (SSSR count). The van der Waals surface area contributed by atoms with E-state index in [0.717, 1.165) is 12.8 Å². The minimum Gasteiger partial charge on any atom is -0.444 e. The summed E-state index contributed by atoms with van der Waals surface area (Å²) in [5.74, 6) is 0.459. The molecule has 0 spiro atoms. The monoisotopic (exact) mass is 199 g/mol. The number of carbonyl (C=O) groups excluding carboxylic acids is 1. The number of hydrogen-bond donors (Lipinski definition) is 1. The van der Waals surface area contributed by atoms with Crippen LogP contribution < -0.4 is 0 Å². The molecule has 2 unspecified atom stereocenters. The van der Waals surface area contributed by atoms with E-state index in [9.17, 15) is 9.90 Å². The van der Waals surface area contributed by atoms with E-state index in [2.05, 4.69) is 0 Å². The highest BCUT2D eigenvalue weighted by Gasteiger charge is 2.43. The van der Waals surface area contributed by atoms with Gasteiger partial charge in [-0.2, -0.15) is 0 Å². The molecule has 1 aliphatic carbocycles. The second-order valence-electron chi connectivity index (χ2n) is 4.25. The summed E-state index contributed by atoms with van der Waals surface area (Å²) < 4.78 is 5.29. The Bertz CT molecular complexity index is 225. The van der Waals surface area contributed by atoms with Gasteiger partial charge in [0, 0.05) is 7.05 Å². The summed E-state index contributed by atoms with van der Waals surface area (Å²) in [4.78, 5) is 12.8. The first-order chi connectivity index (χ1) is 6.74. The van der Waals surface area contributed by atoms with Crippen molar-refractivity contribution in [3.8, 4) is 0 Å². The Morgan fingerprint density at radius 3 is 2.71 bits per heavy atom. The lowest BCUT2D eigenvalue weighted by molar-refractivity contribution is 0.0760. The lowest BCUT2D eigenvalue weighted by Gasteiger charge is -2.23. The van der Waals surface area contributed by atoms with Crippen LogP contribution in [0.1, 0.15) is 25.7 Å². The molecule has 80 valence electrons. The predicted octanol–water partition coefficient (Wildman–Crippen LogP) is 0.988. The molecule has 1 amide bonds. The lowest BCUT2D eigenvalue weighted by Crippen LogP contribution is -2.39. The van der Waals surface area contributed by atoms with Crippen LogP contribution in [0.2, 0.25) is 0 Å². The van der Waals surface area contributed by atoms with Crippen LogP contribution in [0.4, 0.5) is 4.79 Å². The molecule has 14 heavy (non-hydrogen) atoms. The van der Waals surface area contributed by atoms with E-state index >= 15 is 0 Å². The second-order valence-corrected chi connectivity index (χ2v) is 4.25. The predicted molar refractivity (Wildman–Crippen MR) is 50.9 cm³/mol. The molecule has 2 fully saturated rings. The first-order valence-electron chi connectivity index (χ1n) is 5.28. The second kappa shape index (κ2) is 3.77. The molecule has 0 bridgehead atoms. The maximum Gasteiger partial charge on any atom is 0.410 e. The zero-order valence-corrected chi connectivity index (χ0v) is 8.48. The van der Waals surface area contributed by atoms with E-state index in [0.29, 0.717) is 5.92 Å². The summed E-state index contributed by atoms with van der Waals surface area (Å²) in [6.45, 7) is 0.00338. The molecular formula is C10H17NO3. The Morgan fingerprint density at radius 1 is 1.50 bits per heavy atom. The molecule has 1 N–H and O–H groups in total. The highest BCUT2D eigenvalue weighted by atomic mass is 16.6. The molecule has 1 aliphatic heterocycles. The minimum absolute atomic E-state index is 0.00338. The fourth-order valence-electron chi connectivity index (χ4n) is 2.56. The number of aliphatic hydroxyl groups is 1. The molecule has 0 aromatic heterocycles. The van der Waals surface area contributed by atoms with Gasteiger partial charge in [0.1, 0.15) is 6.10 Å². The SMILES string of the molecule is CN1C(=O)OC(C2CCCC2)C1CO. The summed E-state index contributed by atoms with van der Waals surface area (Å²) in [5, 5.41) is 9.21. The third kappa shape index (κ3) is 1.47. The smallest absolute Gasteiger partial charge is 0.410 e. The number of rotatable bonds is 2. The van der Waals surface area contributed by atoms with Crippen LogP contribution in [-0.2, 0) is 4.74 Å². The van der Waals surface area contributed by atoms with E-state index in [4.69, 9.17) is 4.74 Å². The number of ether oxygens (including phenoxy) is 1. The molecule has 2 atom stereocenters. The van der Waals surface area contributed by atoms with Crippen LogP contribution in [0.3, 0.4) is 0 Å². The topological polar surface area (TPSA) is 49.8 Å². The molecule has 0 aromatic rings. The molecule has 1 saturated carbocycles. The summed E-state index contributed by atoms with van der Waals surface area (Å²) in [5.41, 5.74) is 0. The third-order valence-electron chi connectivity index (χ3n) is 3.45. The first-order valence-corrected chi connectivity index (χ1v) is 5.28. The van der Waals surface area contributed by atoms with Crippen molar-refractivity contribution in [2.24, 2.45) is 5.92 Å². The van der Waals surface area contributed by atoms with Gasteiger partial charge in [-0.1, -0.05) is 12.8 Å². The number of nitrogens with zero attached hydrogens (tertiary/aromatic N) is 1. The van der Waals surface area contributed by atoms with Crippen molar-refractivity contribution in [2.75, 3.05) is 13.7 Å². The first kappa shape index (κ1) is 9.77. The van der Waals surface area contributed by atoms with Crippen molar-refractivity contribution in [1.82, 2.24) is 4.90 Å². The summed E-state index contributed by atoms with van der Waals surface area (Å²) in [7, 11) is 1.69. The van der Waals surface area contributed by atoms with Crippen molar-refractivity contribution in [1.29, 1.82) is 0 Å². The molecule has 1 heterocycles. The van der Waals surface area contributed by atoms with E-state index in [1.807, 2.05) is 0 Å². The maximum absolute atomic E-state index is 11.3. The number of hydrogen-bond acceptors (Lipinski definition) is 3. The van der Waals surface area contributed by atoms with E-state index in [-0.39, 0.29) is 24.8 Å². The van der Waals surface area contributed by atoms with Crippen LogP contribution in [0, 0.1) is 5.92 Å². The van der Waals surface area contributed by atoms with Gasteiger partial charge in [-0.25, -0.2) is 4.79 Å². The van der Waals surface area contributed by atoms with E-state index < -0.39 is 0 Å². The average Bonchev–Trinajstić information content (AvgIpc) is 2.76. The Morgan fingerprint density at radius 2 is 2.14 bits per heavy atom. The Kier molecular flexibility index (Phi) is 2.63. The quantitative estimate of drug-likeness (QED) is 0.721. The van der Waals surface area contributed by atoms with Gasteiger partial charge in [0.05, 0.1) is 12.6 Å². The van der Waals surface area contributed by atoms with Crippen molar-refractivity contribution in [2.45, 2.75) is 37.8 Å². The molecule has 0 radical (unpaired) electrons. The van der Waals surface area contributed by atoms with Gasteiger partial charge >= 0.3 is 6.09 Å². The molecule has 1 saturated heterocycles. The van der Waals surface area contributed by atoms with Gasteiger partial charge in [-0.05, 0) is 18.8 Å². The number of amides is 1. The van der Waals surface area contributed by atoms with Crippen LogP contribution in [0.5, 0.6) is 0 Å². The van der Waals surface area contributed by atoms with Crippen molar-refractivity contribution in [3.05, 3.63) is 0 Å². The zero-order valence-electron chi connectivity index (χ0n) is 8.48. The molecule has 4 heteroatoms. The van der Waals surface area contributed by atoms with E-state index in [1.54, 1.807) is 7.05 Å². The normalized spacial score (nSPS) is 33.9. The van der Waals surface area contributed by atoms with Crippen LogP contribution in [0.15, 0.2) is 0 Å². The Balaban J connectivity index is 2.06. The fraction of sp³-hybridized carbons (Fsp3) is 0.900. The van der Waals surface area contributed by atoms with Gasteiger partial charge in [-0.3, -0.25) is 0 Å². The average molecular weight is 199 g/mol. The van der Waals surface area contributed by atoms with Gasteiger partial charge in [0.15, 0.2) is 0 Å². The fourth-order valence-corrected chi connectivity index (χ4v) is 2.56. The Hall–Kier alpha value is -0.770. The highest BCUT2D eigenvalue weighted by molar-refractivity contribution is 5.70. The highest BCUT2D eigenvalue weighted by Crippen LogP contribution is 2.34. The standard InChI is InChI=1S/C10H17NO3/c1-11-8(6-12)9(14-10(11)13)7-4-2-3-5-7/h7-9,12H,2-6H2,1H3. The van der Waals surface area contributed by atoms with Crippen molar-refractivity contribution in [3.63, 3.8) is 0 Å². The van der Waals surface area contributed by atoms with Gasteiger partial charge < -0.3 is 14.7 Å². The van der Waals surface area contributed by atoms with Crippen LogP contribution in [-0.4, -0.2) is 41.9 Å². The molecule has 0 aromatic carbocycles. The summed E-state index contributed by atoms with van der Waals surface area (Å²) in [6, 6.07) is -0.134. The maximum atomic E-state index is 11.3. The number of cyclic esters (lactones) is 1. The number of carbonyl (C=O) groups is 1. The lowest BCUT2D eigenvalue weighted by atomic mass is 9.95. The van der Waals surface area contributed by atoms with Crippen molar-refractivity contribution < 1.29 is 14.6 Å². The Labute approximate surface area is 83.8 Å². The molecule has 4 nitrogen and oxygen atoms in total. The largest absolute Gasteiger partial charge is 0.444 e. The molecular weight excluding hydrogens is 182 g/mol. The number of aliphatic hydroxyl groups excluding tert-OH is 1. The molecule has 2 aliphatic rings. The zero-order chi connectivity index (χ0) is 10.1. The van der Waals surface area contributed by atoms with Gasteiger partial charge in [0.25, 0.3) is 0 Å². The van der Waals surface area contributed by atoms with Crippen LogP contribution >= 0.6 is 0 Å². The summed E-state index contributed by atoms with van der Waals surface area (Å²) in [6.07, 6.45) is 4.33.